The molecule has 0 unspecified atom stereocenters. The molecule has 5 heteroatoms. The second kappa shape index (κ2) is 9.28. The summed E-state index contributed by atoms with van der Waals surface area (Å²) >= 11 is 0. The number of benzene rings is 1. The van der Waals surface area contributed by atoms with Gasteiger partial charge in [-0.2, -0.15) is 0 Å². The van der Waals surface area contributed by atoms with Crippen LogP contribution in [0.15, 0.2) is 24.3 Å². The van der Waals surface area contributed by atoms with Gasteiger partial charge in [0.05, 0.1) is 13.7 Å². The Bertz CT molecular complexity index is 509. The molecule has 3 rings (SSSR count). The lowest BCUT2D eigenvalue weighted by atomic mass is 9.90. The molecule has 0 atom stereocenters. The van der Waals surface area contributed by atoms with Crippen LogP contribution in [-0.2, 0) is 11.2 Å². The molecule has 1 heterocycles. The van der Waals surface area contributed by atoms with Gasteiger partial charge in [-0.05, 0) is 68.2 Å². The van der Waals surface area contributed by atoms with E-state index >= 15 is 0 Å². The summed E-state index contributed by atoms with van der Waals surface area (Å²) in [5, 5.41) is 3.30. The molecule has 1 aromatic carbocycles. The second-order valence-corrected chi connectivity index (χ2v) is 6.95. The van der Waals surface area contributed by atoms with Gasteiger partial charge in [0.25, 0.3) is 0 Å². The monoisotopic (exact) mass is 352 g/mol. The molecule has 2 fully saturated rings. The van der Waals surface area contributed by atoms with E-state index in [2.05, 4.69) is 17.4 Å². The number of carbonyl (C=O) groups excluding carboxylic acids is 1. The Hall–Kier alpha value is -1.26. The van der Waals surface area contributed by atoms with E-state index in [0.29, 0.717) is 12.5 Å². The zero-order valence-electron chi connectivity index (χ0n) is 14.5. The largest absolute Gasteiger partial charge is 0.497 e. The maximum atomic E-state index is 12.2. The predicted octanol–water partition coefficient (Wildman–Crippen LogP) is 2.90. The molecule has 2 aliphatic rings. The fourth-order valence-corrected chi connectivity index (χ4v) is 3.30. The summed E-state index contributed by atoms with van der Waals surface area (Å²) in [6, 6.07) is 8.36. The summed E-state index contributed by atoms with van der Waals surface area (Å²) in [7, 11) is 1.70. The summed E-state index contributed by atoms with van der Waals surface area (Å²) in [5.41, 5.74) is 1.36. The van der Waals surface area contributed by atoms with Crippen LogP contribution in [0.3, 0.4) is 0 Å². The zero-order valence-corrected chi connectivity index (χ0v) is 15.3. The highest BCUT2D eigenvalue weighted by molar-refractivity contribution is 5.85. The smallest absolute Gasteiger partial charge is 0.236 e. The average Bonchev–Trinajstić information content (AvgIpc) is 3.40. The number of hydrogen-bond donors (Lipinski definition) is 1. The normalized spacial score (nSPS) is 18.1. The minimum Gasteiger partial charge on any atom is -0.497 e. The van der Waals surface area contributed by atoms with Crippen molar-refractivity contribution in [1.82, 2.24) is 10.2 Å². The summed E-state index contributed by atoms with van der Waals surface area (Å²) in [5.74, 6) is 2.70. The molecule has 24 heavy (non-hydrogen) atoms. The van der Waals surface area contributed by atoms with Crippen LogP contribution in [0, 0.1) is 11.8 Å². The van der Waals surface area contributed by atoms with Crippen molar-refractivity contribution in [2.75, 3.05) is 33.3 Å². The number of piperidine rings is 1. The summed E-state index contributed by atoms with van der Waals surface area (Å²) < 4.78 is 5.20. The van der Waals surface area contributed by atoms with Crippen LogP contribution in [0.4, 0.5) is 0 Å². The molecule has 1 saturated carbocycles. The fourth-order valence-electron chi connectivity index (χ4n) is 3.30. The highest BCUT2D eigenvalue weighted by atomic mass is 35.5. The third-order valence-corrected chi connectivity index (χ3v) is 5.06. The Balaban J connectivity index is 0.00000208. The first-order chi connectivity index (χ1) is 11.2. The van der Waals surface area contributed by atoms with E-state index in [0.717, 1.165) is 50.6 Å². The second-order valence-electron chi connectivity index (χ2n) is 6.95. The average molecular weight is 353 g/mol. The number of methoxy groups -OCH3 is 1. The highest BCUT2D eigenvalue weighted by Crippen LogP contribution is 2.27. The van der Waals surface area contributed by atoms with Gasteiger partial charge in [0.1, 0.15) is 5.75 Å². The van der Waals surface area contributed by atoms with Crippen LogP contribution in [-0.4, -0.2) is 44.1 Å². The van der Waals surface area contributed by atoms with E-state index in [1.807, 2.05) is 17.0 Å². The van der Waals surface area contributed by atoms with Crippen LogP contribution >= 0.6 is 12.4 Å². The number of rotatable bonds is 7. The van der Waals surface area contributed by atoms with Crippen molar-refractivity contribution in [2.45, 2.75) is 32.1 Å². The Morgan fingerprint density at radius 2 is 1.79 bits per heavy atom. The Kier molecular flexibility index (Phi) is 7.38. The Labute approximate surface area is 151 Å². The quantitative estimate of drug-likeness (QED) is 0.820. The predicted molar refractivity (Wildman–Crippen MR) is 98.8 cm³/mol. The van der Waals surface area contributed by atoms with E-state index in [4.69, 9.17) is 4.74 Å². The third kappa shape index (κ3) is 5.67. The highest BCUT2D eigenvalue weighted by Gasteiger charge is 2.24. The summed E-state index contributed by atoms with van der Waals surface area (Å²) in [6.07, 6.45) is 5.99. The van der Waals surface area contributed by atoms with Crippen LogP contribution in [0.2, 0.25) is 0 Å². The number of amides is 1. The van der Waals surface area contributed by atoms with Gasteiger partial charge in [-0.3, -0.25) is 4.79 Å². The van der Waals surface area contributed by atoms with Crippen LogP contribution < -0.4 is 10.1 Å². The van der Waals surface area contributed by atoms with Crippen molar-refractivity contribution in [3.05, 3.63) is 29.8 Å². The van der Waals surface area contributed by atoms with Crippen molar-refractivity contribution in [3.8, 4) is 5.75 Å². The number of likely N-dealkylation sites (tertiary alicyclic amines) is 1. The van der Waals surface area contributed by atoms with E-state index in [9.17, 15) is 4.79 Å². The minimum absolute atomic E-state index is 0. The molecule has 4 nitrogen and oxygen atoms in total. The minimum atomic E-state index is 0. The first-order valence-electron chi connectivity index (χ1n) is 8.86. The van der Waals surface area contributed by atoms with Gasteiger partial charge in [0.15, 0.2) is 0 Å². The van der Waals surface area contributed by atoms with Crippen molar-refractivity contribution in [3.63, 3.8) is 0 Å². The van der Waals surface area contributed by atoms with E-state index in [1.54, 1.807) is 7.11 Å². The van der Waals surface area contributed by atoms with Gasteiger partial charge in [0, 0.05) is 13.1 Å². The first-order valence-corrected chi connectivity index (χ1v) is 8.86. The zero-order chi connectivity index (χ0) is 16.1. The van der Waals surface area contributed by atoms with E-state index in [1.165, 1.54) is 18.4 Å². The van der Waals surface area contributed by atoms with Crippen molar-refractivity contribution in [1.29, 1.82) is 0 Å². The number of halogens is 1. The summed E-state index contributed by atoms with van der Waals surface area (Å²) in [4.78, 5) is 14.2. The van der Waals surface area contributed by atoms with Crippen LogP contribution in [0.5, 0.6) is 5.75 Å². The lowest BCUT2D eigenvalue weighted by Crippen LogP contribution is -2.43. The molecule has 0 bridgehead atoms. The number of nitrogens with zero attached hydrogens (tertiary/aromatic N) is 1. The van der Waals surface area contributed by atoms with Crippen molar-refractivity contribution in [2.24, 2.45) is 11.8 Å². The number of nitrogens with one attached hydrogen (secondary N) is 1. The molecule has 0 radical (unpaired) electrons. The molecule has 1 aromatic rings. The van der Waals surface area contributed by atoms with Crippen LogP contribution in [0.25, 0.3) is 0 Å². The van der Waals surface area contributed by atoms with Crippen molar-refractivity contribution < 1.29 is 9.53 Å². The lowest BCUT2D eigenvalue weighted by molar-refractivity contribution is -0.131. The maximum absolute atomic E-state index is 12.2. The standard InChI is InChI=1S/C19H28N2O2.ClH/c1-23-18-6-4-15(5-7-18)12-16-8-10-21(11-9-16)19(22)14-20-13-17-2-3-17;/h4-7,16-17,20H,2-3,8-14H2,1H3;1H. The molecule has 1 aliphatic heterocycles. The van der Waals surface area contributed by atoms with Gasteiger partial charge >= 0.3 is 0 Å². The number of hydrogen-bond acceptors (Lipinski definition) is 3. The molecule has 1 amide bonds. The first kappa shape index (κ1) is 19.1. The Morgan fingerprint density at radius 3 is 2.38 bits per heavy atom. The van der Waals surface area contributed by atoms with Gasteiger partial charge in [0.2, 0.25) is 5.91 Å². The molecule has 1 N–H and O–H groups in total. The van der Waals surface area contributed by atoms with E-state index < -0.39 is 0 Å². The SMILES string of the molecule is COc1ccc(CC2CCN(C(=O)CNCC3CC3)CC2)cc1.Cl. The molecule has 1 aliphatic carbocycles. The molecule has 0 spiro atoms. The molecular weight excluding hydrogens is 324 g/mol. The molecule has 0 aromatic heterocycles. The van der Waals surface area contributed by atoms with E-state index in [-0.39, 0.29) is 18.3 Å². The van der Waals surface area contributed by atoms with Gasteiger partial charge in [-0.15, -0.1) is 12.4 Å². The van der Waals surface area contributed by atoms with Crippen LogP contribution in [0.1, 0.15) is 31.2 Å². The third-order valence-electron chi connectivity index (χ3n) is 5.06. The maximum Gasteiger partial charge on any atom is 0.236 e. The topological polar surface area (TPSA) is 41.6 Å². The van der Waals surface area contributed by atoms with Gasteiger partial charge in [-0.1, -0.05) is 12.1 Å². The number of carbonyl (C=O) groups is 1. The molecule has 134 valence electrons. The number of ether oxygens (including phenoxy) is 1. The van der Waals surface area contributed by atoms with Crippen molar-refractivity contribution >= 4 is 18.3 Å². The van der Waals surface area contributed by atoms with Gasteiger partial charge < -0.3 is 15.0 Å². The summed E-state index contributed by atoms with van der Waals surface area (Å²) in [6.45, 7) is 3.34. The molecular formula is C19H29ClN2O2. The molecule has 1 saturated heterocycles. The fraction of sp³-hybridized carbons (Fsp3) is 0.632. The van der Waals surface area contributed by atoms with Gasteiger partial charge in [-0.25, -0.2) is 0 Å². The Morgan fingerprint density at radius 1 is 1.12 bits per heavy atom. The lowest BCUT2D eigenvalue weighted by Gasteiger charge is -2.32.